The van der Waals surface area contributed by atoms with Gasteiger partial charge >= 0.3 is 5.63 Å². The number of aliphatic imine (C=N–C) groups is 1. The van der Waals surface area contributed by atoms with Gasteiger partial charge in [0.15, 0.2) is 0 Å². The molecule has 0 spiro atoms. The second-order valence-electron chi connectivity index (χ2n) is 7.24. The van der Waals surface area contributed by atoms with Gasteiger partial charge in [-0.1, -0.05) is 19.9 Å². The van der Waals surface area contributed by atoms with Crippen LogP contribution in [-0.4, -0.2) is 36.0 Å². The van der Waals surface area contributed by atoms with Crippen LogP contribution in [0.2, 0.25) is 0 Å². The quantitative estimate of drug-likeness (QED) is 0.552. The number of hydrogen-bond acceptors (Lipinski definition) is 7. The van der Waals surface area contributed by atoms with Crippen LogP contribution < -0.4 is 15.7 Å². The number of ether oxygens (including phenoxy) is 2. The van der Waals surface area contributed by atoms with Crippen LogP contribution in [0.5, 0.6) is 5.75 Å². The minimum atomic E-state index is -0.521. The van der Waals surface area contributed by atoms with Crippen LogP contribution in [0.1, 0.15) is 51.3 Å². The minimum absolute atomic E-state index is 0.206. The molecule has 158 valence electrons. The van der Waals surface area contributed by atoms with Gasteiger partial charge in [0.1, 0.15) is 28.4 Å². The van der Waals surface area contributed by atoms with Crippen molar-refractivity contribution in [2.75, 3.05) is 19.0 Å². The van der Waals surface area contributed by atoms with E-state index in [0.29, 0.717) is 53.6 Å². The second kappa shape index (κ2) is 10.0. The average molecular weight is 421 g/mol. The van der Waals surface area contributed by atoms with Crippen LogP contribution >= 0.6 is 11.8 Å². The maximum Gasteiger partial charge on any atom is 0.339 e. The van der Waals surface area contributed by atoms with Crippen LogP contribution in [0.4, 0.5) is 0 Å². The predicted molar refractivity (Wildman–Crippen MR) is 113 cm³/mol. The summed E-state index contributed by atoms with van der Waals surface area (Å²) in [6.45, 7) is 8.84. The van der Waals surface area contributed by atoms with Crippen molar-refractivity contribution in [3.8, 4) is 5.75 Å². The Hall–Kier alpha value is -2.22. The second-order valence-corrected chi connectivity index (χ2v) is 8.24. The fourth-order valence-electron chi connectivity index (χ4n) is 2.97. The number of nitrogens with zero attached hydrogens (tertiary/aromatic N) is 1. The topological polar surface area (TPSA) is 90.1 Å². The van der Waals surface area contributed by atoms with Gasteiger partial charge in [0, 0.05) is 11.8 Å². The average Bonchev–Trinajstić information content (AvgIpc) is 3.39. The van der Waals surface area contributed by atoms with Gasteiger partial charge in [0.05, 0.1) is 25.3 Å². The van der Waals surface area contributed by atoms with Crippen molar-refractivity contribution < 1.29 is 18.7 Å². The van der Waals surface area contributed by atoms with Crippen LogP contribution in [0, 0.1) is 5.92 Å². The maximum absolute atomic E-state index is 12.8. The van der Waals surface area contributed by atoms with Gasteiger partial charge in [-0.05, 0) is 32.1 Å². The molecule has 1 saturated carbocycles. The lowest BCUT2D eigenvalue weighted by Crippen LogP contribution is -2.37. The number of carbonyl (C=O) groups excluding carboxylic acids is 1. The van der Waals surface area contributed by atoms with Crippen molar-refractivity contribution in [3.63, 3.8) is 0 Å². The maximum atomic E-state index is 12.8. The third kappa shape index (κ3) is 6.13. The highest BCUT2D eigenvalue weighted by Crippen LogP contribution is 2.30. The molecule has 3 rings (SSSR count). The Morgan fingerprint density at radius 3 is 2.90 bits per heavy atom. The zero-order chi connectivity index (χ0) is 20.8. The van der Waals surface area contributed by atoms with Crippen molar-refractivity contribution in [3.05, 3.63) is 40.7 Å². The van der Waals surface area contributed by atoms with Crippen LogP contribution in [0.25, 0.3) is 0 Å². The molecule has 0 radical (unpaired) electrons. The third-order valence-corrected chi connectivity index (χ3v) is 5.78. The summed E-state index contributed by atoms with van der Waals surface area (Å²) >= 11 is 1.45. The third-order valence-electron chi connectivity index (χ3n) is 4.69. The van der Waals surface area contributed by atoms with E-state index in [2.05, 4.69) is 16.9 Å². The molecule has 1 amide bonds. The largest absolute Gasteiger partial charge is 0.493 e. The summed E-state index contributed by atoms with van der Waals surface area (Å²) < 4.78 is 16.5. The zero-order valence-corrected chi connectivity index (χ0v) is 17.8. The highest BCUT2D eigenvalue weighted by atomic mass is 32.2. The molecule has 2 aliphatic rings. The van der Waals surface area contributed by atoms with Crippen molar-refractivity contribution in [2.24, 2.45) is 10.9 Å². The standard InChI is InChI=1S/C21H28N2O5S/c1-4-6-16(18-9-15(10-19(24)28-18)27-11-14-7-8-14)22-20(25)17-12-29-21(23-17)13(3)26-5-2/h9-10,14,16-17H,3-8,11-12H2,1-2H3,(H,22,25). The molecule has 1 aliphatic heterocycles. The number of carbonyl (C=O) groups is 1. The normalized spacial score (nSPS) is 19.4. The fourth-order valence-corrected chi connectivity index (χ4v) is 3.93. The van der Waals surface area contributed by atoms with Crippen molar-refractivity contribution in [1.29, 1.82) is 0 Å². The molecule has 0 saturated heterocycles. The summed E-state index contributed by atoms with van der Waals surface area (Å²) in [6.07, 6.45) is 3.79. The molecule has 2 atom stereocenters. The van der Waals surface area contributed by atoms with E-state index in [4.69, 9.17) is 13.9 Å². The summed E-state index contributed by atoms with van der Waals surface area (Å²) in [5, 5.41) is 3.64. The minimum Gasteiger partial charge on any atom is -0.493 e. The van der Waals surface area contributed by atoms with E-state index in [1.54, 1.807) is 6.07 Å². The first kappa shape index (κ1) is 21.5. The highest BCUT2D eigenvalue weighted by molar-refractivity contribution is 8.14. The zero-order valence-electron chi connectivity index (χ0n) is 16.9. The van der Waals surface area contributed by atoms with E-state index in [-0.39, 0.29) is 5.91 Å². The lowest BCUT2D eigenvalue weighted by molar-refractivity contribution is -0.122. The molecule has 1 aromatic heterocycles. The van der Waals surface area contributed by atoms with Crippen LogP contribution in [0.3, 0.4) is 0 Å². The Balaban J connectivity index is 1.68. The van der Waals surface area contributed by atoms with Gasteiger partial charge < -0.3 is 19.2 Å². The van der Waals surface area contributed by atoms with E-state index in [9.17, 15) is 9.59 Å². The molecule has 1 aliphatic carbocycles. The Morgan fingerprint density at radius 1 is 1.41 bits per heavy atom. The lowest BCUT2D eigenvalue weighted by atomic mass is 10.1. The van der Waals surface area contributed by atoms with Gasteiger partial charge in [-0.25, -0.2) is 4.79 Å². The molecule has 1 fully saturated rings. The monoisotopic (exact) mass is 420 g/mol. The number of thioether (sulfide) groups is 1. The summed E-state index contributed by atoms with van der Waals surface area (Å²) in [4.78, 5) is 29.2. The smallest absolute Gasteiger partial charge is 0.339 e. The molecule has 2 heterocycles. The van der Waals surface area contributed by atoms with E-state index < -0.39 is 17.7 Å². The van der Waals surface area contributed by atoms with Gasteiger partial charge in [0.2, 0.25) is 5.91 Å². The van der Waals surface area contributed by atoms with E-state index in [0.717, 1.165) is 6.42 Å². The van der Waals surface area contributed by atoms with Gasteiger partial charge in [0.25, 0.3) is 0 Å². The number of rotatable bonds is 11. The molecule has 8 heteroatoms. The molecule has 29 heavy (non-hydrogen) atoms. The Labute approximate surface area is 174 Å². The molecule has 1 aromatic rings. The first-order valence-electron chi connectivity index (χ1n) is 10.1. The molecular weight excluding hydrogens is 392 g/mol. The number of hydrogen-bond donors (Lipinski definition) is 1. The Kier molecular flexibility index (Phi) is 7.41. The van der Waals surface area contributed by atoms with E-state index >= 15 is 0 Å². The molecule has 0 aromatic carbocycles. The SMILES string of the molecule is C=C(OCC)C1=NC(C(=O)NC(CCC)c2cc(OCC3CC3)cc(=O)o2)CS1. The summed E-state index contributed by atoms with van der Waals surface area (Å²) in [5.74, 6) is 2.29. The van der Waals surface area contributed by atoms with Crippen molar-refractivity contribution in [2.45, 2.75) is 51.6 Å². The first-order chi connectivity index (χ1) is 14.0. The van der Waals surface area contributed by atoms with E-state index in [1.165, 1.54) is 30.7 Å². The van der Waals surface area contributed by atoms with Crippen molar-refractivity contribution in [1.82, 2.24) is 5.32 Å². The molecule has 1 N–H and O–H groups in total. The predicted octanol–water partition coefficient (Wildman–Crippen LogP) is 3.45. The number of amides is 1. The van der Waals surface area contributed by atoms with E-state index in [1.807, 2.05) is 13.8 Å². The van der Waals surface area contributed by atoms with Crippen molar-refractivity contribution >= 4 is 22.7 Å². The first-order valence-corrected chi connectivity index (χ1v) is 11.1. The van der Waals surface area contributed by atoms with Crippen LogP contribution in [-0.2, 0) is 9.53 Å². The molecule has 7 nitrogen and oxygen atoms in total. The van der Waals surface area contributed by atoms with Crippen LogP contribution in [0.15, 0.2) is 38.7 Å². The summed E-state index contributed by atoms with van der Waals surface area (Å²) in [5.41, 5.74) is -0.478. The fraction of sp³-hybridized carbons (Fsp3) is 0.571. The summed E-state index contributed by atoms with van der Waals surface area (Å²) in [7, 11) is 0. The number of nitrogens with one attached hydrogen (secondary N) is 1. The van der Waals surface area contributed by atoms with Gasteiger partial charge in [-0.2, -0.15) is 0 Å². The highest BCUT2D eigenvalue weighted by Gasteiger charge is 2.29. The lowest BCUT2D eigenvalue weighted by Gasteiger charge is -2.19. The van der Waals surface area contributed by atoms with Gasteiger partial charge in [-0.3, -0.25) is 9.79 Å². The van der Waals surface area contributed by atoms with Gasteiger partial charge in [-0.15, -0.1) is 11.8 Å². The molecular formula is C21H28N2O5S. The summed E-state index contributed by atoms with van der Waals surface area (Å²) in [6, 6.07) is 2.12. The molecule has 2 unspecified atom stereocenters. The Bertz CT molecular complexity index is 831. The Morgan fingerprint density at radius 2 is 2.21 bits per heavy atom. The molecule has 0 bridgehead atoms.